The van der Waals surface area contributed by atoms with Crippen LogP contribution in [0.5, 0.6) is 0 Å². The Morgan fingerprint density at radius 2 is 1.92 bits per heavy atom. The second-order valence-corrected chi connectivity index (χ2v) is 8.37. The molecule has 3 fully saturated rings. The zero-order valence-electron chi connectivity index (χ0n) is 15.6. The van der Waals surface area contributed by atoms with Crippen molar-refractivity contribution in [1.29, 1.82) is 0 Å². The molecule has 4 unspecified atom stereocenters. The number of aliphatic hydroxyl groups is 1. The molecule has 0 aromatic carbocycles. The highest BCUT2D eigenvalue weighted by Crippen LogP contribution is 2.48. The molecule has 3 aliphatic carbocycles. The Morgan fingerprint density at radius 3 is 2.65 bits per heavy atom. The summed E-state index contributed by atoms with van der Waals surface area (Å²) in [7, 11) is 0. The molecular formula is C22H32O4. The fourth-order valence-electron chi connectivity index (χ4n) is 5.15. The number of Topliss-reactive ketones (excluding diaryl/α,β-unsaturated/α-hetero) is 1. The molecule has 4 nitrogen and oxygen atoms in total. The Hall–Kier alpha value is -1.42. The number of carboxylic acids is 1. The molecule has 4 heteroatoms. The third-order valence-corrected chi connectivity index (χ3v) is 6.66. The van der Waals surface area contributed by atoms with Crippen molar-refractivity contribution in [3.8, 4) is 0 Å². The van der Waals surface area contributed by atoms with E-state index in [2.05, 4.69) is 6.08 Å². The van der Waals surface area contributed by atoms with Crippen molar-refractivity contribution in [1.82, 2.24) is 0 Å². The third kappa shape index (κ3) is 4.64. The average molecular weight is 360 g/mol. The van der Waals surface area contributed by atoms with E-state index in [1.807, 2.05) is 12.2 Å². The normalized spacial score (nSPS) is 32.4. The van der Waals surface area contributed by atoms with Crippen molar-refractivity contribution in [3.05, 3.63) is 23.8 Å². The number of fused-ring (bicyclic) bond motifs is 1. The minimum atomic E-state index is -0.778. The first-order chi connectivity index (χ1) is 12.6. The summed E-state index contributed by atoms with van der Waals surface area (Å²) in [5.74, 6) is 0.832. The third-order valence-electron chi connectivity index (χ3n) is 6.66. The summed E-state index contributed by atoms with van der Waals surface area (Å²) < 4.78 is 0. The van der Waals surface area contributed by atoms with Crippen LogP contribution >= 0.6 is 0 Å². The predicted octanol–water partition coefficient (Wildman–Crippen LogP) is 4.28. The van der Waals surface area contributed by atoms with Crippen molar-refractivity contribution < 1.29 is 19.8 Å². The summed E-state index contributed by atoms with van der Waals surface area (Å²) in [6, 6.07) is 0. The van der Waals surface area contributed by atoms with Gasteiger partial charge in [-0.25, -0.2) is 0 Å². The van der Waals surface area contributed by atoms with Crippen molar-refractivity contribution in [3.63, 3.8) is 0 Å². The monoisotopic (exact) mass is 360 g/mol. The van der Waals surface area contributed by atoms with Gasteiger partial charge in [-0.05, 0) is 68.3 Å². The van der Waals surface area contributed by atoms with Crippen LogP contribution in [0, 0.1) is 23.7 Å². The van der Waals surface area contributed by atoms with Crippen LogP contribution in [0.2, 0.25) is 0 Å². The summed E-state index contributed by atoms with van der Waals surface area (Å²) in [5.41, 5.74) is 0.913. The van der Waals surface area contributed by atoms with Crippen molar-refractivity contribution in [2.75, 3.05) is 0 Å². The van der Waals surface area contributed by atoms with Gasteiger partial charge in [0.2, 0.25) is 0 Å². The van der Waals surface area contributed by atoms with Gasteiger partial charge < -0.3 is 10.2 Å². The number of ketones is 1. The molecular weight excluding hydrogens is 328 g/mol. The van der Waals surface area contributed by atoms with Crippen molar-refractivity contribution >= 4 is 11.8 Å². The van der Waals surface area contributed by atoms with E-state index in [1.165, 1.54) is 19.3 Å². The highest BCUT2D eigenvalue weighted by atomic mass is 16.4. The lowest BCUT2D eigenvalue weighted by Gasteiger charge is -2.25. The van der Waals surface area contributed by atoms with Crippen LogP contribution in [0.15, 0.2) is 23.8 Å². The van der Waals surface area contributed by atoms with Crippen LogP contribution in [0.1, 0.15) is 70.6 Å². The van der Waals surface area contributed by atoms with Gasteiger partial charge in [-0.1, -0.05) is 37.5 Å². The summed E-state index contributed by atoms with van der Waals surface area (Å²) in [4.78, 5) is 23.2. The Morgan fingerprint density at radius 1 is 1.15 bits per heavy atom. The Labute approximate surface area is 156 Å². The topological polar surface area (TPSA) is 74.6 Å². The molecule has 0 heterocycles. The number of carbonyl (C=O) groups is 2. The Kier molecular flexibility index (Phi) is 6.68. The van der Waals surface area contributed by atoms with Gasteiger partial charge in [-0.15, -0.1) is 0 Å². The zero-order valence-corrected chi connectivity index (χ0v) is 15.6. The van der Waals surface area contributed by atoms with Crippen LogP contribution in [0.3, 0.4) is 0 Å². The predicted molar refractivity (Wildman–Crippen MR) is 101 cm³/mol. The summed E-state index contributed by atoms with van der Waals surface area (Å²) in [6.45, 7) is 0. The van der Waals surface area contributed by atoms with Crippen LogP contribution in [0.4, 0.5) is 0 Å². The first-order valence-electron chi connectivity index (χ1n) is 10.4. The highest BCUT2D eigenvalue weighted by Gasteiger charge is 2.45. The lowest BCUT2D eigenvalue weighted by atomic mass is 9.84. The van der Waals surface area contributed by atoms with Crippen molar-refractivity contribution in [2.45, 2.75) is 76.7 Å². The minimum Gasteiger partial charge on any atom is -0.481 e. The maximum atomic E-state index is 12.6. The number of rotatable bonds is 7. The van der Waals surface area contributed by atoms with E-state index in [-0.39, 0.29) is 24.2 Å². The number of hydrogen-bond donors (Lipinski definition) is 2. The maximum Gasteiger partial charge on any atom is 0.303 e. The molecule has 0 amide bonds. The molecule has 4 atom stereocenters. The van der Waals surface area contributed by atoms with E-state index in [4.69, 9.17) is 5.11 Å². The number of aliphatic carboxylic acids is 1. The minimum absolute atomic E-state index is 0.141. The number of aliphatic hydroxyl groups excluding tert-OH is 1. The molecule has 144 valence electrons. The quantitative estimate of drug-likeness (QED) is 0.404. The summed E-state index contributed by atoms with van der Waals surface area (Å²) in [5, 5.41) is 19.2. The molecule has 2 N–H and O–H groups in total. The standard InChI is InChI=1S/C22H32O4/c23-20(16-6-2-1-3-7-16)13-11-15-10-12-18-19(15)14-17(22(18)26)8-4-5-9-21(24)25/h8,11,13,15-16,18-20,23H,1-7,9-10,12,14H2,(H,24,25). The van der Waals surface area contributed by atoms with Gasteiger partial charge in [-0.3, -0.25) is 9.59 Å². The van der Waals surface area contributed by atoms with Gasteiger partial charge in [-0.2, -0.15) is 0 Å². The number of unbranched alkanes of at least 4 members (excludes halogenated alkanes) is 1. The molecule has 0 aromatic rings. The van der Waals surface area contributed by atoms with E-state index in [9.17, 15) is 14.7 Å². The van der Waals surface area contributed by atoms with Crippen molar-refractivity contribution in [2.24, 2.45) is 23.7 Å². The maximum absolute atomic E-state index is 12.6. The van der Waals surface area contributed by atoms with Gasteiger partial charge in [0.15, 0.2) is 5.78 Å². The molecule has 0 bridgehead atoms. The SMILES string of the molecule is O=C(O)CCCC=C1CC2C(C=CC(O)C3CCCCC3)CCC2C1=O. The smallest absolute Gasteiger partial charge is 0.303 e. The molecule has 0 aliphatic heterocycles. The summed E-state index contributed by atoms with van der Waals surface area (Å²) >= 11 is 0. The van der Waals surface area contributed by atoms with Gasteiger partial charge in [0.1, 0.15) is 0 Å². The number of allylic oxidation sites excluding steroid dienone is 3. The molecule has 0 spiro atoms. The number of carboxylic acid groups (broad SMARTS) is 1. The molecule has 0 aromatic heterocycles. The van der Waals surface area contributed by atoms with Crippen LogP contribution in [-0.4, -0.2) is 28.1 Å². The number of carbonyl (C=O) groups excluding carboxylic acids is 1. The van der Waals surface area contributed by atoms with E-state index >= 15 is 0 Å². The molecule has 26 heavy (non-hydrogen) atoms. The van der Waals surface area contributed by atoms with Crippen LogP contribution in [0.25, 0.3) is 0 Å². The van der Waals surface area contributed by atoms with E-state index in [0.29, 0.717) is 30.6 Å². The largest absolute Gasteiger partial charge is 0.481 e. The van der Waals surface area contributed by atoms with Crippen LogP contribution < -0.4 is 0 Å². The fraction of sp³-hybridized carbons (Fsp3) is 0.727. The van der Waals surface area contributed by atoms with E-state index < -0.39 is 5.97 Å². The zero-order chi connectivity index (χ0) is 18.5. The fourth-order valence-corrected chi connectivity index (χ4v) is 5.15. The Balaban J connectivity index is 1.53. The van der Waals surface area contributed by atoms with E-state index in [0.717, 1.165) is 37.7 Å². The van der Waals surface area contributed by atoms with Gasteiger partial charge in [0.05, 0.1) is 6.10 Å². The second-order valence-electron chi connectivity index (χ2n) is 8.37. The second kappa shape index (κ2) is 8.98. The van der Waals surface area contributed by atoms with E-state index in [1.54, 1.807) is 0 Å². The first kappa shape index (κ1) is 19.3. The lowest BCUT2D eigenvalue weighted by molar-refractivity contribution is -0.137. The van der Waals surface area contributed by atoms with Gasteiger partial charge in [0, 0.05) is 12.3 Å². The summed E-state index contributed by atoms with van der Waals surface area (Å²) in [6.07, 6.45) is 16.1. The number of hydrogen-bond acceptors (Lipinski definition) is 3. The first-order valence-corrected chi connectivity index (χ1v) is 10.4. The van der Waals surface area contributed by atoms with Gasteiger partial charge >= 0.3 is 5.97 Å². The highest BCUT2D eigenvalue weighted by molar-refractivity contribution is 6.00. The molecule has 0 saturated heterocycles. The van der Waals surface area contributed by atoms with Gasteiger partial charge in [0.25, 0.3) is 0 Å². The lowest BCUT2D eigenvalue weighted by Crippen LogP contribution is -2.21. The molecule has 0 radical (unpaired) electrons. The molecule has 3 saturated carbocycles. The molecule has 3 aliphatic rings. The van der Waals surface area contributed by atoms with Crippen LogP contribution in [-0.2, 0) is 9.59 Å². The Bertz CT molecular complexity index is 571. The average Bonchev–Trinajstić information content (AvgIpc) is 3.17. The molecule has 3 rings (SSSR count).